The molecular formula is C14H12Cl3NO. The van der Waals surface area contributed by atoms with Crippen molar-refractivity contribution in [2.75, 3.05) is 0 Å². The van der Waals surface area contributed by atoms with Crippen molar-refractivity contribution in [2.24, 2.45) is 5.73 Å². The summed E-state index contributed by atoms with van der Waals surface area (Å²) in [6.07, 6.45) is 0. The van der Waals surface area contributed by atoms with Crippen LogP contribution >= 0.6 is 34.8 Å². The van der Waals surface area contributed by atoms with Crippen LogP contribution < -0.4 is 10.5 Å². The lowest BCUT2D eigenvalue weighted by Crippen LogP contribution is -2.00. The third-order valence-corrected chi connectivity index (χ3v) is 3.81. The van der Waals surface area contributed by atoms with E-state index < -0.39 is 0 Å². The third-order valence-electron chi connectivity index (χ3n) is 2.65. The summed E-state index contributed by atoms with van der Waals surface area (Å²) >= 11 is 18.1. The summed E-state index contributed by atoms with van der Waals surface area (Å²) in [5.74, 6) is 0.535. The zero-order valence-electron chi connectivity index (χ0n) is 10.00. The lowest BCUT2D eigenvalue weighted by atomic mass is 10.1. The standard InChI is InChI=1S/C14H12Cl3NO/c15-11-2-1-3-13(14(11)17)19-8-10-5-4-9(7-18)6-12(10)16/h1-6H,7-8,18H2. The van der Waals surface area contributed by atoms with Crippen molar-refractivity contribution in [3.8, 4) is 5.75 Å². The Labute approximate surface area is 127 Å². The molecule has 0 spiro atoms. The summed E-state index contributed by atoms with van der Waals surface area (Å²) in [4.78, 5) is 0. The number of benzene rings is 2. The summed E-state index contributed by atoms with van der Waals surface area (Å²) in [5, 5.41) is 1.49. The predicted molar refractivity (Wildman–Crippen MR) is 80.1 cm³/mol. The molecule has 0 saturated carbocycles. The zero-order chi connectivity index (χ0) is 13.8. The number of nitrogens with two attached hydrogens (primary N) is 1. The minimum Gasteiger partial charge on any atom is -0.487 e. The fraction of sp³-hybridized carbons (Fsp3) is 0.143. The van der Waals surface area contributed by atoms with Crippen molar-refractivity contribution in [2.45, 2.75) is 13.2 Å². The van der Waals surface area contributed by atoms with E-state index in [0.717, 1.165) is 11.1 Å². The van der Waals surface area contributed by atoms with Gasteiger partial charge < -0.3 is 10.5 Å². The molecule has 0 aliphatic rings. The van der Waals surface area contributed by atoms with Gasteiger partial charge in [0.2, 0.25) is 0 Å². The Morgan fingerprint density at radius 2 is 1.79 bits per heavy atom. The molecule has 0 atom stereocenters. The normalized spacial score (nSPS) is 10.5. The van der Waals surface area contributed by atoms with Gasteiger partial charge in [-0.3, -0.25) is 0 Å². The van der Waals surface area contributed by atoms with Gasteiger partial charge in [-0.15, -0.1) is 0 Å². The van der Waals surface area contributed by atoms with Crippen LogP contribution in [0.4, 0.5) is 0 Å². The van der Waals surface area contributed by atoms with Crippen molar-refractivity contribution >= 4 is 34.8 Å². The topological polar surface area (TPSA) is 35.2 Å². The molecule has 0 saturated heterocycles. The minimum atomic E-state index is 0.323. The predicted octanol–water partition coefficient (Wildman–Crippen LogP) is 4.68. The van der Waals surface area contributed by atoms with E-state index >= 15 is 0 Å². The molecule has 0 amide bonds. The van der Waals surface area contributed by atoms with Crippen LogP contribution in [0.15, 0.2) is 36.4 Å². The molecule has 2 rings (SSSR count). The maximum Gasteiger partial charge on any atom is 0.139 e. The molecule has 0 unspecified atom stereocenters. The van der Waals surface area contributed by atoms with E-state index in [0.29, 0.717) is 34.0 Å². The van der Waals surface area contributed by atoms with E-state index in [1.54, 1.807) is 18.2 Å². The van der Waals surface area contributed by atoms with Gasteiger partial charge in [-0.25, -0.2) is 0 Å². The van der Waals surface area contributed by atoms with Crippen LogP contribution in [0.25, 0.3) is 0 Å². The fourth-order valence-electron chi connectivity index (χ4n) is 1.59. The monoisotopic (exact) mass is 315 g/mol. The van der Waals surface area contributed by atoms with E-state index in [9.17, 15) is 0 Å². The van der Waals surface area contributed by atoms with Gasteiger partial charge in [0.1, 0.15) is 17.4 Å². The first kappa shape index (κ1) is 14.5. The smallest absolute Gasteiger partial charge is 0.139 e. The van der Waals surface area contributed by atoms with Crippen LogP contribution in [0.1, 0.15) is 11.1 Å². The van der Waals surface area contributed by atoms with Crippen molar-refractivity contribution < 1.29 is 4.74 Å². The Bertz CT molecular complexity index is 587. The molecule has 0 radical (unpaired) electrons. The molecule has 0 bridgehead atoms. The molecule has 5 heteroatoms. The summed E-state index contributed by atoms with van der Waals surface area (Å²) in [7, 11) is 0. The van der Waals surface area contributed by atoms with Gasteiger partial charge in [0, 0.05) is 17.1 Å². The first-order chi connectivity index (χ1) is 9.11. The van der Waals surface area contributed by atoms with E-state index in [1.807, 2.05) is 18.2 Å². The molecule has 2 aromatic carbocycles. The highest BCUT2D eigenvalue weighted by Gasteiger charge is 2.07. The summed E-state index contributed by atoms with van der Waals surface area (Å²) in [6.45, 7) is 0.782. The largest absolute Gasteiger partial charge is 0.487 e. The van der Waals surface area contributed by atoms with E-state index in [4.69, 9.17) is 45.3 Å². The molecule has 0 aromatic heterocycles. The highest BCUT2D eigenvalue weighted by atomic mass is 35.5. The SMILES string of the molecule is NCc1ccc(COc2cccc(Cl)c2Cl)c(Cl)c1. The Balaban J connectivity index is 2.12. The number of hydrogen-bond acceptors (Lipinski definition) is 2. The average Bonchev–Trinajstić information content (AvgIpc) is 2.41. The maximum absolute atomic E-state index is 6.15. The van der Waals surface area contributed by atoms with Crippen LogP contribution in [0.3, 0.4) is 0 Å². The van der Waals surface area contributed by atoms with E-state index in [2.05, 4.69) is 0 Å². The van der Waals surface area contributed by atoms with Gasteiger partial charge in [0.15, 0.2) is 0 Å². The Kier molecular flexibility index (Phi) is 4.94. The molecule has 100 valence electrons. The van der Waals surface area contributed by atoms with Crippen molar-refractivity contribution in [1.82, 2.24) is 0 Å². The second kappa shape index (κ2) is 6.49. The van der Waals surface area contributed by atoms with Crippen LogP contribution in [-0.4, -0.2) is 0 Å². The molecule has 19 heavy (non-hydrogen) atoms. The third kappa shape index (κ3) is 3.54. The van der Waals surface area contributed by atoms with E-state index in [1.165, 1.54) is 0 Å². The number of rotatable bonds is 4. The lowest BCUT2D eigenvalue weighted by Gasteiger charge is -2.10. The molecule has 0 aliphatic carbocycles. The quantitative estimate of drug-likeness (QED) is 0.888. The first-order valence-electron chi connectivity index (χ1n) is 5.66. The summed E-state index contributed by atoms with van der Waals surface area (Å²) in [6, 6.07) is 10.9. The second-order valence-corrected chi connectivity index (χ2v) is 5.16. The van der Waals surface area contributed by atoms with Crippen LogP contribution in [0.5, 0.6) is 5.75 Å². The van der Waals surface area contributed by atoms with Gasteiger partial charge >= 0.3 is 0 Å². The Morgan fingerprint density at radius 3 is 2.47 bits per heavy atom. The molecule has 0 heterocycles. The molecule has 2 aromatic rings. The highest BCUT2D eigenvalue weighted by Crippen LogP contribution is 2.32. The lowest BCUT2D eigenvalue weighted by molar-refractivity contribution is 0.306. The van der Waals surface area contributed by atoms with Crippen LogP contribution in [0, 0.1) is 0 Å². The number of halogens is 3. The van der Waals surface area contributed by atoms with Crippen LogP contribution in [0.2, 0.25) is 15.1 Å². The number of ether oxygens (including phenoxy) is 1. The van der Waals surface area contributed by atoms with Gasteiger partial charge in [-0.1, -0.05) is 53.0 Å². The highest BCUT2D eigenvalue weighted by molar-refractivity contribution is 6.42. The summed E-state index contributed by atoms with van der Waals surface area (Å²) in [5.41, 5.74) is 7.40. The second-order valence-electron chi connectivity index (χ2n) is 3.97. The number of hydrogen-bond donors (Lipinski definition) is 1. The molecule has 2 N–H and O–H groups in total. The average molecular weight is 317 g/mol. The van der Waals surface area contributed by atoms with Gasteiger partial charge in [0.25, 0.3) is 0 Å². The zero-order valence-corrected chi connectivity index (χ0v) is 12.3. The van der Waals surface area contributed by atoms with Crippen molar-refractivity contribution in [3.05, 3.63) is 62.6 Å². The molecular weight excluding hydrogens is 305 g/mol. The van der Waals surface area contributed by atoms with Crippen molar-refractivity contribution in [1.29, 1.82) is 0 Å². The summed E-state index contributed by atoms with van der Waals surface area (Å²) < 4.78 is 5.63. The first-order valence-corrected chi connectivity index (χ1v) is 6.79. The molecule has 0 aliphatic heterocycles. The Hall–Kier alpha value is -0.930. The van der Waals surface area contributed by atoms with E-state index in [-0.39, 0.29) is 0 Å². The fourth-order valence-corrected chi connectivity index (χ4v) is 2.19. The van der Waals surface area contributed by atoms with Crippen LogP contribution in [-0.2, 0) is 13.2 Å². The van der Waals surface area contributed by atoms with Gasteiger partial charge in [-0.2, -0.15) is 0 Å². The van der Waals surface area contributed by atoms with Gasteiger partial charge in [-0.05, 0) is 23.8 Å². The minimum absolute atomic E-state index is 0.323. The maximum atomic E-state index is 6.15. The molecule has 2 nitrogen and oxygen atoms in total. The Morgan fingerprint density at radius 1 is 1.00 bits per heavy atom. The van der Waals surface area contributed by atoms with Gasteiger partial charge in [0.05, 0.1) is 5.02 Å². The van der Waals surface area contributed by atoms with Crippen molar-refractivity contribution in [3.63, 3.8) is 0 Å². The molecule has 0 fully saturated rings.